The van der Waals surface area contributed by atoms with Crippen LogP contribution in [0.5, 0.6) is 0 Å². The van der Waals surface area contributed by atoms with Crippen LogP contribution in [0, 0.1) is 0 Å². The number of aromatic nitrogens is 2. The summed E-state index contributed by atoms with van der Waals surface area (Å²) in [4.78, 5) is 28.4. The Balaban J connectivity index is 1.63. The van der Waals surface area contributed by atoms with E-state index in [-0.39, 0.29) is 18.2 Å². The van der Waals surface area contributed by atoms with E-state index in [0.717, 1.165) is 38.5 Å². The first-order chi connectivity index (χ1) is 13.5. The molecular formula is C20H25ClN4O3. The van der Waals surface area contributed by atoms with E-state index in [1.54, 1.807) is 24.3 Å². The fraction of sp³-hybridized carbons (Fsp3) is 0.500. The summed E-state index contributed by atoms with van der Waals surface area (Å²) in [5, 5.41) is 10.5. The van der Waals surface area contributed by atoms with Crippen LogP contribution in [0.3, 0.4) is 0 Å². The summed E-state index contributed by atoms with van der Waals surface area (Å²) in [6.45, 7) is 1.51. The van der Waals surface area contributed by atoms with Crippen LogP contribution >= 0.6 is 11.6 Å². The van der Waals surface area contributed by atoms with Crippen LogP contribution in [0.4, 0.5) is 5.69 Å². The van der Waals surface area contributed by atoms with E-state index in [9.17, 15) is 9.59 Å². The molecule has 0 aliphatic heterocycles. The summed E-state index contributed by atoms with van der Waals surface area (Å²) in [6, 6.07) is 6.98. The van der Waals surface area contributed by atoms with E-state index in [2.05, 4.69) is 20.8 Å². The molecule has 0 spiro atoms. The Hall–Kier alpha value is -2.41. The lowest BCUT2D eigenvalue weighted by Crippen LogP contribution is -2.45. The molecule has 3 rings (SSSR count). The van der Waals surface area contributed by atoms with Crippen LogP contribution in [0.2, 0.25) is 5.02 Å². The average molecular weight is 405 g/mol. The number of hydrogen-bond acceptors (Lipinski definition) is 5. The Bertz CT molecular complexity index is 828. The third kappa shape index (κ3) is 5.32. The van der Waals surface area contributed by atoms with Crippen molar-refractivity contribution in [3.63, 3.8) is 0 Å². The highest BCUT2D eigenvalue weighted by atomic mass is 35.5. The predicted molar refractivity (Wildman–Crippen MR) is 106 cm³/mol. The molecule has 1 aliphatic rings. The maximum Gasteiger partial charge on any atom is 0.227 e. The first-order valence-electron chi connectivity index (χ1n) is 9.64. The topological polar surface area (TPSA) is 97.1 Å². The summed E-state index contributed by atoms with van der Waals surface area (Å²) in [5.41, 5.74) is 0.0689. The van der Waals surface area contributed by atoms with Gasteiger partial charge in [0.2, 0.25) is 17.7 Å². The molecule has 2 amide bonds. The molecule has 2 N–H and O–H groups in total. The second-order valence-electron chi connectivity index (χ2n) is 7.25. The zero-order valence-electron chi connectivity index (χ0n) is 16.0. The third-order valence-corrected chi connectivity index (χ3v) is 5.18. The highest BCUT2D eigenvalue weighted by Crippen LogP contribution is 2.34. The molecule has 0 unspecified atom stereocenters. The fourth-order valence-electron chi connectivity index (χ4n) is 3.63. The number of rotatable bonds is 6. The van der Waals surface area contributed by atoms with Crippen LogP contribution in [0.15, 0.2) is 28.8 Å². The van der Waals surface area contributed by atoms with Crippen molar-refractivity contribution < 1.29 is 14.1 Å². The second kappa shape index (κ2) is 9.19. The van der Waals surface area contributed by atoms with Gasteiger partial charge in [-0.05, 0) is 31.0 Å². The van der Waals surface area contributed by atoms with E-state index in [0.29, 0.717) is 28.8 Å². The molecule has 7 nitrogen and oxygen atoms in total. The minimum atomic E-state index is -0.576. The lowest BCUT2D eigenvalue weighted by atomic mass is 9.89. The Morgan fingerprint density at radius 2 is 1.96 bits per heavy atom. The van der Waals surface area contributed by atoms with Crippen LogP contribution in [0.25, 0.3) is 0 Å². The molecular weight excluding hydrogens is 380 g/mol. The number of nitrogens with one attached hydrogen (secondary N) is 2. The molecule has 1 saturated carbocycles. The van der Waals surface area contributed by atoms with Crippen molar-refractivity contribution in [3.05, 3.63) is 41.0 Å². The van der Waals surface area contributed by atoms with E-state index in [1.807, 2.05) is 0 Å². The number of hydrogen-bond donors (Lipinski definition) is 2. The van der Waals surface area contributed by atoms with Crippen molar-refractivity contribution in [2.45, 2.75) is 63.8 Å². The maximum absolute atomic E-state index is 12.2. The number of carbonyl (C=O) groups excluding carboxylic acids is 2. The molecule has 0 radical (unpaired) electrons. The first kappa shape index (κ1) is 20.3. The largest absolute Gasteiger partial charge is 0.343 e. The molecule has 0 saturated heterocycles. The van der Waals surface area contributed by atoms with Gasteiger partial charge in [-0.3, -0.25) is 9.59 Å². The summed E-state index contributed by atoms with van der Waals surface area (Å²) < 4.78 is 5.37. The van der Waals surface area contributed by atoms with Crippen molar-refractivity contribution in [1.82, 2.24) is 15.5 Å². The Morgan fingerprint density at radius 3 is 2.64 bits per heavy atom. The van der Waals surface area contributed by atoms with Crippen molar-refractivity contribution in [2.24, 2.45) is 0 Å². The van der Waals surface area contributed by atoms with Crippen LogP contribution in [-0.2, 0) is 21.5 Å². The van der Waals surface area contributed by atoms with Gasteiger partial charge >= 0.3 is 0 Å². The van der Waals surface area contributed by atoms with Gasteiger partial charge in [0, 0.05) is 30.5 Å². The lowest BCUT2D eigenvalue weighted by Gasteiger charge is -2.30. The Labute approximate surface area is 169 Å². The van der Waals surface area contributed by atoms with E-state index in [4.69, 9.17) is 16.1 Å². The van der Waals surface area contributed by atoms with Crippen molar-refractivity contribution in [1.29, 1.82) is 0 Å². The molecule has 8 heteroatoms. The molecule has 0 atom stereocenters. The van der Waals surface area contributed by atoms with E-state index in [1.165, 1.54) is 6.92 Å². The normalized spacial score (nSPS) is 16.2. The second-order valence-corrected chi connectivity index (χ2v) is 7.68. The number of anilines is 1. The maximum atomic E-state index is 12.2. The molecule has 150 valence electrons. The molecule has 2 aromatic rings. The molecule has 1 fully saturated rings. The van der Waals surface area contributed by atoms with Crippen LogP contribution in [-0.4, -0.2) is 22.0 Å². The van der Waals surface area contributed by atoms with Gasteiger partial charge in [-0.15, -0.1) is 0 Å². The van der Waals surface area contributed by atoms with Gasteiger partial charge < -0.3 is 15.2 Å². The fourth-order valence-corrected chi connectivity index (χ4v) is 3.82. The molecule has 0 bridgehead atoms. The number of amides is 2. The highest BCUT2D eigenvalue weighted by molar-refractivity contribution is 6.30. The molecule has 1 heterocycles. The lowest BCUT2D eigenvalue weighted by molar-refractivity contribution is -0.121. The van der Waals surface area contributed by atoms with Gasteiger partial charge in [0.25, 0.3) is 0 Å². The summed E-state index contributed by atoms with van der Waals surface area (Å²) in [6.07, 6.45) is 6.41. The number of nitrogens with zero attached hydrogens (tertiary/aromatic N) is 2. The minimum absolute atomic E-state index is 0.103. The van der Waals surface area contributed by atoms with Gasteiger partial charge in [-0.25, -0.2) is 0 Å². The third-order valence-electron chi connectivity index (χ3n) is 4.94. The number of carbonyl (C=O) groups is 2. The van der Waals surface area contributed by atoms with Crippen molar-refractivity contribution in [3.8, 4) is 0 Å². The minimum Gasteiger partial charge on any atom is -0.343 e. The van der Waals surface area contributed by atoms with E-state index >= 15 is 0 Å². The van der Waals surface area contributed by atoms with E-state index < -0.39 is 5.54 Å². The SMILES string of the molecule is CC(=O)NC1(c2noc(CCC(=O)Nc3cccc(Cl)c3)n2)CCCCCC1. The van der Waals surface area contributed by atoms with Gasteiger partial charge in [0.05, 0.1) is 0 Å². The zero-order chi connectivity index (χ0) is 20.0. The zero-order valence-corrected chi connectivity index (χ0v) is 16.7. The summed E-state index contributed by atoms with van der Waals surface area (Å²) in [5.74, 6) is 0.641. The van der Waals surface area contributed by atoms with Gasteiger partial charge in [-0.2, -0.15) is 4.98 Å². The quantitative estimate of drug-likeness (QED) is 0.709. The van der Waals surface area contributed by atoms with Crippen molar-refractivity contribution >= 4 is 29.1 Å². The number of halogens is 1. The number of benzene rings is 1. The smallest absolute Gasteiger partial charge is 0.227 e. The molecule has 1 aliphatic carbocycles. The van der Waals surface area contributed by atoms with Crippen molar-refractivity contribution in [2.75, 3.05) is 5.32 Å². The van der Waals surface area contributed by atoms with Gasteiger partial charge in [0.1, 0.15) is 5.54 Å². The summed E-state index contributed by atoms with van der Waals surface area (Å²) in [7, 11) is 0. The van der Waals surface area contributed by atoms with Crippen LogP contribution in [0.1, 0.15) is 63.6 Å². The molecule has 1 aromatic carbocycles. The molecule has 1 aromatic heterocycles. The van der Waals surface area contributed by atoms with Gasteiger partial charge in [0.15, 0.2) is 5.82 Å². The number of aryl methyl sites for hydroxylation is 1. The standard InChI is InChI=1S/C20H25ClN4O3/c1-14(26)24-20(11-4-2-3-5-12-20)19-23-18(28-25-19)10-9-17(27)22-16-8-6-7-15(21)13-16/h6-8,13H,2-5,9-12H2,1H3,(H,22,27)(H,24,26). The first-order valence-corrected chi connectivity index (χ1v) is 10.0. The summed E-state index contributed by atoms with van der Waals surface area (Å²) >= 11 is 5.92. The predicted octanol–water partition coefficient (Wildman–Crippen LogP) is 3.98. The van der Waals surface area contributed by atoms with Crippen LogP contribution < -0.4 is 10.6 Å². The Morgan fingerprint density at radius 1 is 1.21 bits per heavy atom. The Kier molecular flexibility index (Phi) is 6.67. The highest BCUT2D eigenvalue weighted by Gasteiger charge is 2.38. The average Bonchev–Trinajstić information content (AvgIpc) is 3.00. The molecule has 28 heavy (non-hydrogen) atoms. The monoisotopic (exact) mass is 404 g/mol. The van der Waals surface area contributed by atoms with Gasteiger partial charge in [-0.1, -0.05) is 48.5 Å².